The number of hydrogen-bond acceptors (Lipinski definition) is 4. The molecule has 21 heavy (non-hydrogen) atoms. The highest BCUT2D eigenvalue weighted by molar-refractivity contribution is 5.43. The highest BCUT2D eigenvalue weighted by atomic mass is 16.4. The van der Waals surface area contributed by atoms with Crippen LogP contribution in [-0.2, 0) is 13.0 Å². The third-order valence-electron chi connectivity index (χ3n) is 3.95. The summed E-state index contributed by atoms with van der Waals surface area (Å²) in [6, 6.07) is 12.7. The molecule has 4 heteroatoms. The van der Waals surface area contributed by atoms with Gasteiger partial charge in [0.2, 0.25) is 0 Å². The van der Waals surface area contributed by atoms with Crippen LogP contribution < -0.4 is 5.32 Å². The van der Waals surface area contributed by atoms with Crippen molar-refractivity contribution < 1.29 is 8.83 Å². The second-order valence-electron chi connectivity index (χ2n) is 5.29. The normalized spacial score (nSPS) is 17.0. The Labute approximate surface area is 122 Å². The molecule has 106 valence electrons. The number of aryl methyl sites for hydroxylation is 1. The minimum atomic E-state index is 0.407. The largest absolute Gasteiger partial charge is 0.459 e. The van der Waals surface area contributed by atoms with Crippen LogP contribution in [0.5, 0.6) is 0 Å². The molecule has 4 rings (SSSR count). The second kappa shape index (κ2) is 5.22. The molecule has 1 aromatic carbocycles. The molecule has 0 saturated heterocycles. The lowest BCUT2D eigenvalue weighted by Crippen LogP contribution is -2.18. The first-order valence-corrected chi connectivity index (χ1v) is 7.19. The van der Waals surface area contributed by atoms with Crippen LogP contribution in [0.3, 0.4) is 0 Å². The van der Waals surface area contributed by atoms with Gasteiger partial charge in [-0.25, -0.2) is 4.98 Å². The first kappa shape index (κ1) is 12.4. The molecule has 0 radical (unpaired) electrons. The van der Waals surface area contributed by atoms with Gasteiger partial charge < -0.3 is 14.2 Å². The van der Waals surface area contributed by atoms with Crippen LogP contribution in [0.15, 0.2) is 57.8 Å². The van der Waals surface area contributed by atoms with Crippen molar-refractivity contribution in [1.29, 1.82) is 0 Å². The van der Waals surface area contributed by atoms with E-state index in [4.69, 9.17) is 8.83 Å². The van der Waals surface area contributed by atoms with E-state index in [0.29, 0.717) is 24.2 Å². The monoisotopic (exact) mass is 280 g/mol. The molecule has 1 aliphatic carbocycles. The number of oxazole rings is 1. The van der Waals surface area contributed by atoms with Crippen LogP contribution in [0.1, 0.15) is 29.3 Å². The molecule has 1 unspecified atom stereocenters. The molecule has 0 saturated carbocycles. The van der Waals surface area contributed by atoms with Crippen LogP contribution in [0.25, 0.3) is 11.7 Å². The number of aromatic nitrogens is 1. The Morgan fingerprint density at radius 3 is 3.00 bits per heavy atom. The van der Waals surface area contributed by atoms with E-state index >= 15 is 0 Å². The van der Waals surface area contributed by atoms with Crippen LogP contribution in [-0.4, -0.2) is 4.98 Å². The van der Waals surface area contributed by atoms with Crippen LogP contribution in [0, 0.1) is 0 Å². The molecule has 0 aliphatic heterocycles. The zero-order valence-corrected chi connectivity index (χ0v) is 11.6. The fourth-order valence-electron chi connectivity index (χ4n) is 2.90. The zero-order chi connectivity index (χ0) is 14.1. The molecule has 0 fully saturated rings. The summed E-state index contributed by atoms with van der Waals surface area (Å²) < 4.78 is 10.7. The molecule has 2 heterocycles. The Bertz CT molecular complexity index is 731. The van der Waals surface area contributed by atoms with Crippen molar-refractivity contribution in [2.45, 2.75) is 25.4 Å². The highest BCUT2D eigenvalue weighted by Crippen LogP contribution is 2.31. The number of fused-ring (bicyclic) bond motifs is 1. The van der Waals surface area contributed by atoms with E-state index in [0.717, 1.165) is 18.5 Å². The standard InChI is InChI=1S/C17H16N2O2/c1-2-5-14-12(4-1)7-8-15(14)18-10-13-11-21-17(19-13)16-6-3-9-20-16/h1-6,9,11,15,18H,7-8,10H2. The molecule has 4 nitrogen and oxygen atoms in total. The van der Waals surface area contributed by atoms with Crippen molar-refractivity contribution in [1.82, 2.24) is 10.3 Å². The molecule has 0 bridgehead atoms. The molecule has 1 aliphatic rings. The average Bonchev–Trinajstić information content (AvgIpc) is 3.25. The Hall–Kier alpha value is -2.33. The summed E-state index contributed by atoms with van der Waals surface area (Å²) in [6.07, 6.45) is 5.59. The quantitative estimate of drug-likeness (QED) is 0.791. The summed E-state index contributed by atoms with van der Waals surface area (Å²) in [5.74, 6) is 1.19. The van der Waals surface area contributed by atoms with Gasteiger partial charge in [-0.2, -0.15) is 0 Å². The number of benzene rings is 1. The Kier molecular flexibility index (Phi) is 3.09. The minimum absolute atomic E-state index is 0.407. The summed E-state index contributed by atoms with van der Waals surface area (Å²) in [7, 11) is 0. The van der Waals surface area contributed by atoms with E-state index in [1.807, 2.05) is 12.1 Å². The van der Waals surface area contributed by atoms with E-state index in [9.17, 15) is 0 Å². The van der Waals surface area contributed by atoms with Gasteiger partial charge in [0.25, 0.3) is 5.89 Å². The van der Waals surface area contributed by atoms with Gasteiger partial charge in [-0.3, -0.25) is 0 Å². The first-order chi connectivity index (χ1) is 10.4. The van der Waals surface area contributed by atoms with E-state index in [-0.39, 0.29) is 0 Å². The van der Waals surface area contributed by atoms with Crippen LogP contribution in [0.4, 0.5) is 0 Å². The van der Waals surface area contributed by atoms with Gasteiger partial charge in [-0.1, -0.05) is 24.3 Å². The SMILES string of the molecule is c1coc(-c2nc(CNC3CCc4ccccc43)co2)c1. The van der Waals surface area contributed by atoms with Gasteiger partial charge in [0, 0.05) is 12.6 Å². The van der Waals surface area contributed by atoms with Crippen LogP contribution >= 0.6 is 0 Å². The third kappa shape index (κ3) is 2.38. The van der Waals surface area contributed by atoms with E-state index in [1.54, 1.807) is 12.5 Å². The maximum Gasteiger partial charge on any atom is 0.263 e. The summed E-state index contributed by atoms with van der Waals surface area (Å²) >= 11 is 0. The summed E-state index contributed by atoms with van der Waals surface area (Å²) in [5.41, 5.74) is 3.75. The van der Waals surface area contributed by atoms with Crippen molar-refractivity contribution in [3.63, 3.8) is 0 Å². The van der Waals surface area contributed by atoms with Gasteiger partial charge in [-0.05, 0) is 36.1 Å². The van der Waals surface area contributed by atoms with Gasteiger partial charge in [0.15, 0.2) is 5.76 Å². The molecule has 3 aromatic rings. The molecule has 0 spiro atoms. The minimum Gasteiger partial charge on any atom is -0.459 e. The summed E-state index contributed by atoms with van der Waals surface area (Å²) in [6.45, 7) is 0.698. The van der Waals surface area contributed by atoms with Crippen LogP contribution in [0.2, 0.25) is 0 Å². The van der Waals surface area contributed by atoms with Crippen molar-refractivity contribution in [3.05, 3.63) is 65.7 Å². The maximum atomic E-state index is 5.45. The van der Waals surface area contributed by atoms with E-state index < -0.39 is 0 Å². The lowest BCUT2D eigenvalue weighted by molar-refractivity contribution is 0.512. The second-order valence-corrected chi connectivity index (χ2v) is 5.29. The lowest BCUT2D eigenvalue weighted by atomic mass is 10.1. The number of nitrogens with one attached hydrogen (secondary N) is 1. The number of nitrogens with zero attached hydrogens (tertiary/aromatic N) is 1. The van der Waals surface area contributed by atoms with E-state index in [2.05, 4.69) is 34.6 Å². The fraction of sp³-hybridized carbons (Fsp3) is 0.235. The van der Waals surface area contributed by atoms with Crippen molar-refractivity contribution >= 4 is 0 Å². The number of furan rings is 1. The fourth-order valence-corrected chi connectivity index (χ4v) is 2.90. The molecule has 1 atom stereocenters. The van der Waals surface area contributed by atoms with Crippen molar-refractivity contribution in [2.24, 2.45) is 0 Å². The first-order valence-electron chi connectivity index (χ1n) is 7.19. The number of hydrogen-bond donors (Lipinski definition) is 1. The number of rotatable bonds is 4. The summed E-state index contributed by atoms with van der Waals surface area (Å²) in [5, 5.41) is 3.56. The average molecular weight is 280 g/mol. The Balaban J connectivity index is 1.44. The van der Waals surface area contributed by atoms with E-state index in [1.165, 1.54) is 11.1 Å². The molecule has 1 N–H and O–H groups in total. The Morgan fingerprint density at radius 2 is 2.10 bits per heavy atom. The topological polar surface area (TPSA) is 51.2 Å². The molecule has 0 amide bonds. The predicted molar refractivity (Wildman–Crippen MR) is 78.5 cm³/mol. The highest BCUT2D eigenvalue weighted by Gasteiger charge is 2.21. The molecular formula is C17H16N2O2. The lowest BCUT2D eigenvalue weighted by Gasteiger charge is -2.12. The smallest absolute Gasteiger partial charge is 0.263 e. The predicted octanol–water partition coefficient (Wildman–Crippen LogP) is 3.71. The molecule has 2 aromatic heterocycles. The molecular weight excluding hydrogens is 264 g/mol. The van der Waals surface area contributed by atoms with Gasteiger partial charge >= 0.3 is 0 Å². The van der Waals surface area contributed by atoms with Gasteiger partial charge in [0.05, 0.1) is 12.0 Å². The third-order valence-corrected chi connectivity index (χ3v) is 3.95. The van der Waals surface area contributed by atoms with Gasteiger partial charge in [0.1, 0.15) is 6.26 Å². The Morgan fingerprint density at radius 1 is 1.14 bits per heavy atom. The maximum absolute atomic E-state index is 5.45. The van der Waals surface area contributed by atoms with Crippen molar-refractivity contribution in [2.75, 3.05) is 0 Å². The summed E-state index contributed by atoms with van der Waals surface area (Å²) in [4.78, 5) is 4.45. The zero-order valence-electron chi connectivity index (χ0n) is 11.6. The van der Waals surface area contributed by atoms with Gasteiger partial charge in [-0.15, -0.1) is 0 Å². The van der Waals surface area contributed by atoms with Crippen molar-refractivity contribution in [3.8, 4) is 11.7 Å².